The molecule has 0 unspecified atom stereocenters. The lowest BCUT2D eigenvalue weighted by Gasteiger charge is -2.02. The summed E-state index contributed by atoms with van der Waals surface area (Å²) in [7, 11) is 1.87. The predicted octanol–water partition coefficient (Wildman–Crippen LogP) is 2.28. The summed E-state index contributed by atoms with van der Waals surface area (Å²) in [6.07, 6.45) is 1.27. The second kappa shape index (κ2) is 4.12. The monoisotopic (exact) mass is 271 g/mol. The van der Waals surface area contributed by atoms with E-state index in [1.807, 2.05) is 24.6 Å². The van der Waals surface area contributed by atoms with Crippen molar-refractivity contribution in [1.29, 1.82) is 0 Å². The molecule has 0 amide bonds. The molecule has 0 bridgehead atoms. The Kier molecular flexibility index (Phi) is 2.53. The zero-order valence-electron chi connectivity index (χ0n) is 11.0. The van der Waals surface area contributed by atoms with Crippen molar-refractivity contribution in [3.05, 3.63) is 35.7 Å². The van der Waals surface area contributed by atoms with Gasteiger partial charge in [-0.1, -0.05) is 6.07 Å². The van der Waals surface area contributed by atoms with E-state index in [-0.39, 0.29) is 11.3 Å². The zero-order valence-corrected chi connectivity index (χ0v) is 11.0. The molecule has 0 saturated heterocycles. The molecule has 1 aromatic carbocycles. The zero-order chi connectivity index (χ0) is 14.4. The largest absolute Gasteiger partial charge is 0.507 e. The summed E-state index contributed by atoms with van der Waals surface area (Å²) in [5, 5.41) is 26.5. The van der Waals surface area contributed by atoms with Crippen LogP contribution in [0.1, 0.15) is 16.1 Å². The number of nitrogens with one attached hydrogen (secondary N) is 1. The lowest BCUT2D eigenvalue weighted by molar-refractivity contribution is 0.0698. The number of carbonyl (C=O) groups is 1. The average Bonchev–Trinajstić information content (AvgIpc) is 2.97. The summed E-state index contributed by atoms with van der Waals surface area (Å²) in [6, 6.07) is 5.22. The summed E-state index contributed by atoms with van der Waals surface area (Å²) in [6.45, 7) is 1.88. The van der Waals surface area contributed by atoms with Crippen molar-refractivity contribution >= 4 is 16.9 Å². The smallest absolute Gasteiger partial charge is 0.339 e. The summed E-state index contributed by atoms with van der Waals surface area (Å²) < 4.78 is 1.91. The number of carboxylic acids is 1. The summed E-state index contributed by atoms with van der Waals surface area (Å²) in [5.74, 6) is -0.937. The van der Waals surface area contributed by atoms with Crippen molar-refractivity contribution in [2.75, 3.05) is 0 Å². The molecular formula is C14H13N3O3. The number of aromatic hydroxyl groups is 1. The molecule has 0 saturated carbocycles. The van der Waals surface area contributed by atoms with Gasteiger partial charge in [-0.25, -0.2) is 4.79 Å². The number of phenols is 1. The SMILES string of the molecule is Cc1c(-c2[nH]ncc2C(=O)O)c2c(O)cccc2n1C. The van der Waals surface area contributed by atoms with Crippen LogP contribution in [0.4, 0.5) is 0 Å². The minimum absolute atomic E-state index is 0.0869. The van der Waals surface area contributed by atoms with Crippen molar-refractivity contribution in [3.8, 4) is 17.0 Å². The Balaban J connectivity index is 2.45. The molecule has 0 fully saturated rings. The molecule has 0 aliphatic rings. The van der Waals surface area contributed by atoms with Gasteiger partial charge >= 0.3 is 5.97 Å². The molecule has 0 atom stereocenters. The third-order valence-corrected chi connectivity index (χ3v) is 3.62. The molecule has 6 heteroatoms. The molecule has 3 N–H and O–H groups in total. The second-order valence-corrected chi connectivity index (χ2v) is 4.65. The number of nitrogens with zero attached hydrogens (tertiary/aromatic N) is 2. The van der Waals surface area contributed by atoms with Crippen LogP contribution in [0.3, 0.4) is 0 Å². The Morgan fingerprint density at radius 3 is 2.85 bits per heavy atom. The minimum atomic E-state index is -1.06. The van der Waals surface area contributed by atoms with Gasteiger partial charge < -0.3 is 14.8 Å². The maximum atomic E-state index is 11.3. The highest BCUT2D eigenvalue weighted by Gasteiger charge is 2.22. The molecule has 2 aromatic heterocycles. The van der Waals surface area contributed by atoms with Gasteiger partial charge in [0.2, 0.25) is 0 Å². The molecule has 6 nitrogen and oxygen atoms in total. The fourth-order valence-electron chi connectivity index (χ4n) is 2.54. The summed E-state index contributed by atoms with van der Waals surface area (Å²) in [5.41, 5.74) is 2.85. The van der Waals surface area contributed by atoms with Gasteiger partial charge in [-0.2, -0.15) is 5.10 Å². The van der Waals surface area contributed by atoms with E-state index in [2.05, 4.69) is 10.2 Å². The van der Waals surface area contributed by atoms with E-state index in [1.165, 1.54) is 6.20 Å². The third-order valence-electron chi connectivity index (χ3n) is 3.62. The number of benzene rings is 1. The minimum Gasteiger partial charge on any atom is -0.507 e. The van der Waals surface area contributed by atoms with Gasteiger partial charge in [0.25, 0.3) is 0 Å². The molecule has 102 valence electrons. The summed E-state index contributed by atoms with van der Waals surface area (Å²) in [4.78, 5) is 11.3. The Bertz CT molecular complexity index is 830. The van der Waals surface area contributed by atoms with Crippen molar-refractivity contribution in [2.24, 2.45) is 7.05 Å². The number of aromatic nitrogens is 3. The first-order valence-electron chi connectivity index (χ1n) is 6.06. The highest BCUT2D eigenvalue weighted by atomic mass is 16.4. The van der Waals surface area contributed by atoms with E-state index in [1.54, 1.807) is 12.1 Å². The van der Waals surface area contributed by atoms with Gasteiger partial charge in [0.05, 0.1) is 22.8 Å². The van der Waals surface area contributed by atoms with E-state index in [0.717, 1.165) is 11.2 Å². The molecule has 0 aliphatic carbocycles. The maximum absolute atomic E-state index is 11.3. The van der Waals surface area contributed by atoms with E-state index in [9.17, 15) is 15.0 Å². The van der Waals surface area contributed by atoms with Crippen molar-refractivity contribution < 1.29 is 15.0 Å². The second-order valence-electron chi connectivity index (χ2n) is 4.65. The van der Waals surface area contributed by atoms with Crippen LogP contribution in [0.15, 0.2) is 24.4 Å². The molecule has 3 aromatic rings. The number of fused-ring (bicyclic) bond motifs is 1. The number of hydrogen-bond donors (Lipinski definition) is 3. The van der Waals surface area contributed by atoms with Crippen LogP contribution in [-0.4, -0.2) is 30.9 Å². The quantitative estimate of drug-likeness (QED) is 0.666. The first-order chi connectivity index (χ1) is 9.52. The lowest BCUT2D eigenvalue weighted by Crippen LogP contribution is -1.98. The van der Waals surface area contributed by atoms with Gasteiger partial charge in [0.1, 0.15) is 11.3 Å². The molecule has 0 radical (unpaired) electrons. The Morgan fingerprint density at radius 1 is 1.40 bits per heavy atom. The molecular weight excluding hydrogens is 258 g/mol. The fourth-order valence-corrected chi connectivity index (χ4v) is 2.54. The number of aryl methyl sites for hydroxylation is 1. The maximum Gasteiger partial charge on any atom is 0.339 e. The van der Waals surface area contributed by atoms with Crippen molar-refractivity contribution in [1.82, 2.24) is 14.8 Å². The van der Waals surface area contributed by atoms with Gasteiger partial charge in [0, 0.05) is 18.3 Å². The molecule has 0 spiro atoms. The van der Waals surface area contributed by atoms with Gasteiger partial charge in [-0.15, -0.1) is 0 Å². The highest BCUT2D eigenvalue weighted by Crippen LogP contribution is 2.39. The predicted molar refractivity (Wildman–Crippen MR) is 73.9 cm³/mol. The Morgan fingerprint density at radius 2 is 2.15 bits per heavy atom. The molecule has 20 heavy (non-hydrogen) atoms. The number of phenolic OH excluding ortho intramolecular Hbond substituents is 1. The number of aromatic carboxylic acids is 1. The van der Waals surface area contributed by atoms with E-state index >= 15 is 0 Å². The topological polar surface area (TPSA) is 91.1 Å². The third kappa shape index (κ3) is 1.51. The van der Waals surface area contributed by atoms with E-state index in [4.69, 9.17) is 0 Å². The van der Waals surface area contributed by atoms with Crippen LogP contribution in [0.5, 0.6) is 5.75 Å². The van der Waals surface area contributed by atoms with Crippen LogP contribution >= 0.6 is 0 Å². The summed E-state index contributed by atoms with van der Waals surface area (Å²) >= 11 is 0. The Hall–Kier alpha value is -2.76. The highest BCUT2D eigenvalue weighted by molar-refractivity contribution is 6.05. The van der Waals surface area contributed by atoms with Crippen LogP contribution in [0, 0.1) is 6.92 Å². The van der Waals surface area contributed by atoms with Crippen LogP contribution in [0.25, 0.3) is 22.2 Å². The van der Waals surface area contributed by atoms with Gasteiger partial charge in [0.15, 0.2) is 0 Å². The lowest BCUT2D eigenvalue weighted by atomic mass is 10.0. The Labute approximate surface area is 114 Å². The molecule has 0 aliphatic heterocycles. The molecule has 3 rings (SSSR count). The first-order valence-corrected chi connectivity index (χ1v) is 6.06. The number of carboxylic acid groups (broad SMARTS) is 1. The number of H-pyrrole nitrogens is 1. The van der Waals surface area contributed by atoms with Crippen LogP contribution < -0.4 is 0 Å². The average molecular weight is 271 g/mol. The van der Waals surface area contributed by atoms with Crippen molar-refractivity contribution in [3.63, 3.8) is 0 Å². The van der Waals surface area contributed by atoms with Crippen LogP contribution in [0.2, 0.25) is 0 Å². The number of aromatic amines is 1. The standard InChI is InChI=1S/C14H13N3O3/c1-7-11(13-8(14(19)20)6-15-16-13)12-9(17(7)2)4-3-5-10(12)18/h3-6,18H,1-2H3,(H,15,16)(H,19,20). The normalized spacial score (nSPS) is 11.1. The number of rotatable bonds is 2. The van der Waals surface area contributed by atoms with E-state index in [0.29, 0.717) is 16.6 Å². The molecule has 2 heterocycles. The first kappa shape index (κ1) is 12.3. The van der Waals surface area contributed by atoms with Gasteiger partial charge in [-0.05, 0) is 19.1 Å². The number of hydrogen-bond acceptors (Lipinski definition) is 3. The van der Waals surface area contributed by atoms with Crippen LogP contribution in [-0.2, 0) is 7.05 Å². The fraction of sp³-hybridized carbons (Fsp3) is 0.143. The van der Waals surface area contributed by atoms with Crippen molar-refractivity contribution in [2.45, 2.75) is 6.92 Å². The van der Waals surface area contributed by atoms with Gasteiger partial charge in [-0.3, -0.25) is 5.10 Å². The van der Waals surface area contributed by atoms with E-state index < -0.39 is 5.97 Å².